The SMILES string of the molecule is CCn1c(=O)c(N2CCN(C(=O)Nc3cc(C)ccc3OC)CC2)nc2ccccc21. The third-order valence-electron chi connectivity index (χ3n) is 5.61. The van der Waals surface area contributed by atoms with Crippen LogP contribution in [-0.2, 0) is 6.54 Å². The van der Waals surface area contributed by atoms with Crippen LogP contribution in [0, 0.1) is 6.92 Å². The summed E-state index contributed by atoms with van der Waals surface area (Å²) in [6.07, 6.45) is 0. The van der Waals surface area contributed by atoms with Gasteiger partial charge in [-0.05, 0) is 43.7 Å². The fraction of sp³-hybridized carbons (Fsp3) is 0.348. The molecule has 0 saturated carbocycles. The average Bonchev–Trinajstić information content (AvgIpc) is 2.79. The molecule has 3 aromatic rings. The molecule has 1 N–H and O–H groups in total. The maximum Gasteiger partial charge on any atom is 0.322 e. The fourth-order valence-electron chi connectivity index (χ4n) is 3.93. The standard InChI is InChI=1S/C23H27N5O3/c1-4-28-19-8-6-5-7-17(19)24-21(22(28)29)26-11-13-27(14-12-26)23(30)25-18-15-16(2)9-10-20(18)31-3/h5-10,15H,4,11-14H2,1-3H3,(H,25,30). The molecule has 1 fully saturated rings. The van der Waals surface area contributed by atoms with Gasteiger partial charge in [0.25, 0.3) is 5.56 Å². The van der Waals surface area contributed by atoms with Gasteiger partial charge in [0.05, 0.1) is 23.8 Å². The van der Waals surface area contributed by atoms with Crippen molar-refractivity contribution in [2.24, 2.45) is 0 Å². The van der Waals surface area contributed by atoms with Crippen molar-refractivity contribution in [1.82, 2.24) is 14.5 Å². The predicted octanol–water partition coefficient (Wildman–Crippen LogP) is 3.09. The number of hydrogen-bond acceptors (Lipinski definition) is 5. The first-order valence-electron chi connectivity index (χ1n) is 10.5. The number of nitrogens with zero attached hydrogens (tertiary/aromatic N) is 4. The molecule has 2 amide bonds. The molecule has 1 aliphatic rings. The highest BCUT2D eigenvalue weighted by Crippen LogP contribution is 2.25. The van der Waals surface area contributed by atoms with Crippen LogP contribution in [0.5, 0.6) is 5.75 Å². The van der Waals surface area contributed by atoms with Gasteiger partial charge in [0.15, 0.2) is 5.82 Å². The molecule has 0 bridgehead atoms. The lowest BCUT2D eigenvalue weighted by Gasteiger charge is -2.35. The summed E-state index contributed by atoms with van der Waals surface area (Å²) in [5, 5.41) is 2.94. The van der Waals surface area contributed by atoms with Crippen molar-refractivity contribution in [1.29, 1.82) is 0 Å². The quantitative estimate of drug-likeness (QED) is 0.700. The maximum absolute atomic E-state index is 13.0. The molecule has 31 heavy (non-hydrogen) atoms. The van der Waals surface area contributed by atoms with E-state index in [1.165, 1.54) is 0 Å². The summed E-state index contributed by atoms with van der Waals surface area (Å²) in [6, 6.07) is 13.2. The van der Waals surface area contributed by atoms with Crippen LogP contribution in [0.25, 0.3) is 11.0 Å². The molecule has 0 spiro atoms. The van der Waals surface area contributed by atoms with Crippen LogP contribution in [-0.4, -0.2) is 53.8 Å². The van der Waals surface area contributed by atoms with E-state index in [2.05, 4.69) is 10.3 Å². The molecular formula is C23H27N5O3. The Balaban J connectivity index is 1.49. The van der Waals surface area contributed by atoms with Crippen LogP contribution < -0.4 is 20.5 Å². The number of urea groups is 1. The minimum absolute atomic E-state index is 0.0939. The molecule has 2 heterocycles. The van der Waals surface area contributed by atoms with Gasteiger partial charge in [-0.15, -0.1) is 0 Å². The number of methoxy groups -OCH3 is 1. The summed E-state index contributed by atoms with van der Waals surface area (Å²) in [7, 11) is 1.58. The minimum atomic E-state index is -0.180. The summed E-state index contributed by atoms with van der Waals surface area (Å²) in [4.78, 5) is 34.2. The van der Waals surface area contributed by atoms with Crippen LogP contribution in [0.4, 0.5) is 16.3 Å². The Morgan fingerprint density at radius 3 is 2.58 bits per heavy atom. The average molecular weight is 422 g/mol. The number of rotatable bonds is 4. The Morgan fingerprint density at radius 2 is 1.87 bits per heavy atom. The summed E-state index contributed by atoms with van der Waals surface area (Å²) < 4.78 is 7.10. The fourth-order valence-corrected chi connectivity index (χ4v) is 3.93. The zero-order chi connectivity index (χ0) is 22.0. The van der Waals surface area contributed by atoms with Crippen LogP contribution in [0.1, 0.15) is 12.5 Å². The molecule has 1 aromatic heterocycles. The number of fused-ring (bicyclic) bond motifs is 1. The van der Waals surface area contributed by atoms with Gasteiger partial charge < -0.3 is 24.4 Å². The number of ether oxygens (including phenoxy) is 1. The lowest BCUT2D eigenvalue weighted by atomic mass is 10.2. The van der Waals surface area contributed by atoms with Gasteiger partial charge in [-0.1, -0.05) is 18.2 Å². The second-order valence-electron chi connectivity index (χ2n) is 7.58. The Morgan fingerprint density at radius 1 is 1.13 bits per heavy atom. The van der Waals surface area contributed by atoms with Crippen molar-refractivity contribution in [3.63, 3.8) is 0 Å². The number of carbonyl (C=O) groups excluding carboxylic acids is 1. The highest BCUT2D eigenvalue weighted by Gasteiger charge is 2.25. The molecule has 8 heteroatoms. The molecule has 0 radical (unpaired) electrons. The van der Waals surface area contributed by atoms with E-state index in [9.17, 15) is 9.59 Å². The maximum atomic E-state index is 13.0. The molecule has 0 atom stereocenters. The summed E-state index contributed by atoms with van der Waals surface area (Å²) in [5.41, 5.74) is 3.23. The normalized spacial score (nSPS) is 14.0. The largest absolute Gasteiger partial charge is 0.495 e. The van der Waals surface area contributed by atoms with E-state index in [-0.39, 0.29) is 11.6 Å². The van der Waals surface area contributed by atoms with Crippen molar-refractivity contribution >= 4 is 28.6 Å². The molecule has 1 saturated heterocycles. The topological polar surface area (TPSA) is 79.7 Å². The Labute approximate surface area is 181 Å². The Hall–Kier alpha value is -3.55. The van der Waals surface area contributed by atoms with Crippen molar-refractivity contribution < 1.29 is 9.53 Å². The van der Waals surface area contributed by atoms with Gasteiger partial charge in [0.2, 0.25) is 0 Å². The predicted molar refractivity (Wildman–Crippen MR) is 122 cm³/mol. The molecule has 2 aromatic carbocycles. The molecule has 162 valence electrons. The third-order valence-corrected chi connectivity index (χ3v) is 5.61. The van der Waals surface area contributed by atoms with Crippen LogP contribution in [0.3, 0.4) is 0 Å². The van der Waals surface area contributed by atoms with E-state index in [1.807, 2.05) is 61.2 Å². The second-order valence-corrected chi connectivity index (χ2v) is 7.58. The van der Waals surface area contributed by atoms with E-state index in [4.69, 9.17) is 4.74 Å². The molecule has 4 rings (SSSR count). The smallest absolute Gasteiger partial charge is 0.322 e. The zero-order valence-electron chi connectivity index (χ0n) is 18.1. The second kappa shape index (κ2) is 8.67. The number of piperazine rings is 1. The van der Waals surface area contributed by atoms with Crippen molar-refractivity contribution in [2.45, 2.75) is 20.4 Å². The van der Waals surface area contributed by atoms with E-state index in [0.29, 0.717) is 50.0 Å². The highest BCUT2D eigenvalue weighted by atomic mass is 16.5. The molecule has 0 unspecified atom stereocenters. The van der Waals surface area contributed by atoms with Gasteiger partial charge in [0.1, 0.15) is 5.75 Å². The van der Waals surface area contributed by atoms with E-state index in [0.717, 1.165) is 16.6 Å². The van der Waals surface area contributed by atoms with E-state index >= 15 is 0 Å². The van der Waals surface area contributed by atoms with E-state index < -0.39 is 0 Å². The molecular weight excluding hydrogens is 394 g/mol. The van der Waals surface area contributed by atoms with Gasteiger partial charge >= 0.3 is 6.03 Å². The van der Waals surface area contributed by atoms with Crippen LogP contribution >= 0.6 is 0 Å². The first-order valence-corrected chi connectivity index (χ1v) is 10.5. The number of benzene rings is 2. The zero-order valence-corrected chi connectivity index (χ0v) is 18.1. The van der Waals surface area contributed by atoms with Crippen molar-refractivity contribution in [3.8, 4) is 5.75 Å². The molecule has 0 aliphatic carbocycles. The number of aromatic nitrogens is 2. The number of hydrogen-bond donors (Lipinski definition) is 1. The lowest BCUT2D eigenvalue weighted by molar-refractivity contribution is 0.208. The molecule has 1 aliphatic heterocycles. The summed E-state index contributed by atoms with van der Waals surface area (Å²) in [6.45, 7) is 6.59. The first-order chi connectivity index (χ1) is 15.0. The van der Waals surface area contributed by atoms with Crippen LogP contribution in [0.15, 0.2) is 47.3 Å². The lowest BCUT2D eigenvalue weighted by Crippen LogP contribution is -2.51. The Bertz CT molecular complexity index is 1170. The number of anilines is 2. The number of aryl methyl sites for hydroxylation is 2. The van der Waals surface area contributed by atoms with Gasteiger partial charge in [-0.25, -0.2) is 9.78 Å². The summed E-state index contributed by atoms with van der Waals surface area (Å²) in [5.74, 6) is 1.07. The van der Waals surface area contributed by atoms with Crippen LogP contribution in [0.2, 0.25) is 0 Å². The van der Waals surface area contributed by atoms with E-state index in [1.54, 1.807) is 16.6 Å². The van der Waals surface area contributed by atoms with Gasteiger partial charge in [-0.3, -0.25) is 4.79 Å². The van der Waals surface area contributed by atoms with Crippen molar-refractivity contribution in [3.05, 3.63) is 58.4 Å². The van der Waals surface area contributed by atoms with Gasteiger partial charge in [-0.2, -0.15) is 0 Å². The Kier molecular flexibility index (Phi) is 5.79. The monoisotopic (exact) mass is 421 g/mol. The number of carbonyl (C=O) groups is 1. The molecule has 8 nitrogen and oxygen atoms in total. The minimum Gasteiger partial charge on any atom is -0.495 e. The van der Waals surface area contributed by atoms with Gasteiger partial charge in [0, 0.05) is 32.7 Å². The summed E-state index contributed by atoms with van der Waals surface area (Å²) >= 11 is 0. The first kappa shape index (κ1) is 20.7. The number of para-hydroxylation sites is 2. The number of amides is 2. The highest BCUT2D eigenvalue weighted by molar-refractivity contribution is 5.91. The third kappa shape index (κ3) is 4.05. The number of nitrogens with one attached hydrogen (secondary N) is 1. The van der Waals surface area contributed by atoms with Crippen molar-refractivity contribution in [2.75, 3.05) is 43.5 Å².